The number of carbonyl (C=O) groups excluding carboxylic acids is 2. The molecule has 2 fully saturated rings. The van der Waals surface area contributed by atoms with Crippen LogP contribution in [0, 0.1) is 11.8 Å². The lowest BCUT2D eigenvalue weighted by Crippen LogP contribution is -2.32. The molecule has 8 N–H and O–H groups in total. The first-order valence-electron chi connectivity index (χ1n) is 7.50. The smallest absolute Gasteiger partial charge is 0.220 e. The quantitative estimate of drug-likeness (QED) is 0.566. The van der Waals surface area contributed by atoms with E-state index in [4.69, 9.17) is 22.9 Å². The van der Waals surface area contributed by atoms with Gasteiger partial charge in [-0.2, -0.15) is 0 Å². The van der Waals surface area contributed by atoms with Gasteiger partial charge < -0.3 is 22.9 Å². The molecular formula is C14H28N4O2. The molecule has 0 unspecified atom stereocenters. The topological polar surface area (TPSA) is 138 Å². The standard InChI is InChI=1S/2C7H14N2O/c2*8-6-3-1-5(2-4-6)7(9)10/h2*5-6H,1-4,8H2,(H2,9,10). The third kappa shape index (κ3) is 5.88. The summed E-state index contributed by atoms with van der Waals surface area (Å²) in [6, 6.07) is 0.603. The van der Waals surface area contributed by atoms with Crippen LogP contribution in [-0.2, 0) is 9.59 Å². The minimum absolute atomic E-state index is 0.0970. The molecule has 20 heavy (non-hydrogen) atoms. The van der Waals surface area contributed by atoms with Gasteiger partial charge in [-0.1, -0.05) is 0 Å². The average Bonchev–Trinajstić information content (AvgIpc) is 2.40. The molecule has 2 saturated carbocycles. The second-order valence-electron chi connectivity index (χ2n) is 6.03. The number of amides is 2. The molecule has 6 heteroatoms. The van der Waals surface area contributed by atoms with Gasteiger partial charge in [0.1, 0.15) is 0 Å². The van der Waals surface area contributed by atoms with E-state index in [-0.39, 0.29) is 23.7 Å². The van der Waals surface area contributed by atoms with Crippen LogP contribution in [0.1, 0.15) is 51.4 Å². The Balaban J connectivity index is 0.000000200. The first-order valence-corrected chi connectivity index (χ1v) is 7.50. The minimum atomic E-state index is -0.160. The van der Waals surface area contributed by atoms with E-state index in [0.29, 0.717) is 12.1 Å². The Kier molecular flexibility index (Phi) is 6.95. The number of hydrogen-bond acceptors (Lipinski definition) is 4. The number of rotatable bonds is 2. The molecule has 0 aromatic rings. The van der Waals surface area contributed by atoms with E-state index >= 15 is 0 Å². The summed E-state index contributed by atoms with van der Waals surface area (Å²) >= 11 is 0. The SMILES string of the molecule is NC(=O)C1CCC(N)CC1.NC(=O)C1CCC(N)CC1. The zero-order valence-corrected chi connectivity index (χ0v) is 12.1. The maximum absolute atomic E-state index is 10.6. The third-order valence-electron chi connectivity index (χ3n) is 4.35. The van der Waals surface area contributed by atoms with Gasteiger partial charge in [0.15, 0.2) is 0 Å². The highest BCUT2D eigenvalue weighted by Gasteiger charge is 2.22. The van der Waals surface area contributed by atoms with E-state index in [9.17, 15) is 9.59 Å². The van der Waals surface area contributed by atoms with Gasteiger partial charge >= 0.3 is 0 Å². The molecule has 0 aromatic carbocycles. The Labute approximate surface area is 120 Å². The van der Waals surface area contributed by atoms with Crippen LogP contribution in [0.25, 0.3) is 0 Å². The minimum Gasteiger partial charge on any atom is -0.369 e. The maximum Gasteiger partial charge on any atom is 0.220 e. The van der Waals surface area contributed by atoms with Crippen molar-refractivity contribution in [1.29, 1.82) is 0 Å². The fourth-order valence-corrected chi connectivity index (χ4v) is 2.81. The summed E-state index contributed by atoms with van der Waals surface area (Å²) in [5, 5.41) is 0. The van der Waals surface area contributed by atoms with Crippen LogP contribution in [0.5, 0.6) is 0 Å². The number of nitrogens with two attached hydrogens (primary N) is 4. The second kappa shape index (κ2) is 8.21. The molecule has 6 nitrogen and oxygen atoms in total. The van der Waals surface area contributed by atoms with Crippen LogP contribution in [-0.4, -0.2) is 23.9 Å². The van der Waals surface area contributed by atoms with Gasteiger partial charge in [0.2, 0.25) is 11.8 Å². The predicted octanol–water partition coefficient (Wildman–Crippen LogP) is -0.0216. The fraction of sp³-hybridized carbons (Fsp3) is 0.857. The van der Waals surface area contributed by atoms with Crippen LogP contribution >= 0.6 is 0 Å². The van der Waals surface area contributed by atoms with Crippen molar-refractivity contribution in [2.75, 3.05) is 0 Å². The van der Waals surface area contributed by atoms with Crippen molar-refractivity contribution in [3.05, 3.63) is 0 Å². The lowest BCUT2D eigenvalue weighted by atomic mass is 9.86. The summed E-state index contributed by atoms with van der Waals surface area (Å²) in [4.78, 5) is 21.3. The van der Waals surface area contributed by atoms with Crippen LogP contribution in [0.2, 0.25) is 0 Å². The van der Waals surface area contributed by atoms with Gasteiger partial charge in [0, 0.05) is 23.9 Å². The highest BCUT2D eigenvalue weighted by Crippen LogP contribution is 2.22. The number of hydrogen-bond donors (Lipinski definition) is 4. The lowest BCUT2D eigenvalue weighted by Gasteiger charge is -2.23. The fourth-order valence-electron chi connectivity index (χ4n) is 2.81. The normalized spacial score (nSPS) is 33.7. The van der Waals surface area contributed by atoms with E-state index in [1.54, 1.807) is 0 Å². The van der Waals surface area contributed by atoms with Gasteiger partial charge in [0.05, 0.1) is 0 Å². The Morgan fingerprint density at radius 1 is 0.600 bits per heavy atom. The van der Waals surface area contributed by atoms with Crippen LogP contribution in [0.3, 0.4) is 0 Å². The van der Waals surface area contributed by atoms with Crippen molar-refractivity contribution in [2.24, 2.45) is 34.8 Å². The second-order valence-corrected chi connectivity index (χ2v) is 6.03. The van der Waals surface area contributed by atoms with E-state index in [2.05, 4.69) is 0 Å². The van der Waals surface area contributed by atoms with Crippen molar-refractivity contribution in [3.8, 4) is 0 Å². The summed E-state index contributed by atoms with van der Waals surface area (Å²) in [6.45, 7) is 0. The molecule has 2 amide bonds. The average molecular weight is 284 g/mol. The molecule has 0 aliphatic heterocycles. The highest BCUT2D eigenvalue weighted by molar-refractivity contribution is 5.77. The highest BCUT2D eigenvalue weighted by atomic mass is 16.1. The first kappa shape index (κ1) is 16.9. The Bertz CT molecular complexity index is 287. The van der Waals surface area contributed by atoms with Crippen LogP contribution in [0.15, 0.2) is 0 Å². The molecule has 0 spiro atoms. The summed E-state index contributed by atoms with van der Waals surface area (Å²) in [6.07, 6.45) is 7.35. The van der Waals surface area contributed by atoms with Crippen LogP contribution in [0.4, 0.5) is 0 Å². The molecule has 0 saturated heterocycles. The molecule has 0 aromatic heterocycles. The van der Waals surface area contributed by atoms with E-state index in [0.717, 1.165) is 51.4 Å². The van der Waals surface area contributed by atoms with Crippen LogP contribution < -0.4 is 22.9 Å². The largest absolute Gasteiger partial charge is 0.369 e. The molecule has 0 radical (unpaired) electrons. The van der Waals surface area contributed by atoms with Gasteiger partial charge in [-0.15, -0.1) is 0 Å². The van der Waals surface area contributed by atoms with Crippen molar-refractivity contribution in [2.45, 2.75) is 63.5 Å². The summed E-state index contributed by atoms with van der Waals surface area (Å²) in [5.74, 6) is -0.126. The van der Waals surface area contributed by atoms with Crippen molar-refractivity contribution < 1.29 is 9.59 Å². The van der Waals surface area contributed by atoms with Gasteiger partial charge in [0.25, 0.3) is 0 Å². The van der Waals surface area contributed by atoms with Crippen molar-refractivity contribution >= 4 is 11.8 Å². The number of primary amides is 2. The van der Waals surface area contributed by atoms with E-state index < -0.39 is 0 Å². The third-order valence-corrected chi connectivity index (χ3v) is 4.35. The van der Waals surface area contributed by atoms with Gasteiger partial charge in [-0.25, -0.2) is 0 Å². The number of carbonyl (C=O) groups is 2. The molecular weight excluding hydrogens is 256 g/mol. The van der Waals surface area contributed by atoms with E-state index in [1.165, 1.54) is 0 Å². The predicted molar refractivity (Wildman–Crippen MR) is 78.3 cm³/mol. The Hall–Kier alpha value is -1.14. The zero-order valence-electron chi connectivity index (χ0n) is 12.1. The van der Waals surface area contributed by atoms with Gasteiger partial charge in [-0.3, -0.25) is 9.59 Å². The van der Waals surface area contributed by atoms with Crippen molar-refractivity contribution in [1.82, 2.24) is 0 Å². The lowest BCUT2D eigenvalue weighted by molar-refractivity contribution is -0.123. The molecule has 0 bridgehead atoms. The first-order chi connectivity index (χ1) is 9.40. The molecule has 116 valence electrons. The van der Waals surface area contributed by atoms with Gasteiger partial charge in [-0.05, 0) is 51.4 Å². The molecule has 2 rings (SSSR count). The summed E-state index contributed by atoms with van der Waals surface area (Å²) in [7, 11) is 0. The summed E-state index contributed by atoms with van der Waals surface area (Å²) < 4.78 is 0. The van der Waals surface area contributed by atoms with Crippen molar-refractivity contribution in [3.63, 3.8) is 0 Å². The molecule has 2 aliphatic rings. The maximum atomic E-state index is 10.6. The van der Waals surface area contributed by atoms with E-state index in [1.807, 2.05) is 0 Å². The molecule has 0 heterocycles. The Morgan fingerprint density at radius 3 is 1.05 bits per heavy atom. The zero-order chi connectivity index (χ0) is 15.1. The Morgan fingerprint density at radius 2 is 0.850 bits per heavy atom. The molecule has 2 aliphatic carbocycles. The summed E-state index contributed by atoms with van der Waals surface area (Å²) in [5.41, 5.74) is 21.6. The monoisotopic (exact) mass is 284 g/mol. The molecule has 0 atom stereocenters.